The van der Waals surface area contributed by atoms with Gasteiger partial charge in [0.2, 0.25) is 5.88 Å². The number of aryl methyl sites for hydroxylation is 3. The molecule has 4 aromatic rings. The van der Waals surface area contributed by atoms with Crippen LogP contribution >= 0.6 is 11.6 Å². The molecule has 4 heterocycles. The van der Waals surface area contributed by atoms with Gasteiger partial charge < -0.3 is 9.64 Å². The van der Waals surface area contributed by atoms with E-state index in [0.29, 0.717) is 23.7 Å². The number of carbonyl (C=O) groups excluding carboxylic acids is 1. The summed E-state index contributed by atoms with van der Waals surface area (Å²) in [6.07, 6.45) is 5.27. The van der Waals surface area contributed by atoms with Gasteiger partial charge in [0.25, 0.3) is 11.5 Å². The number of hydrogen-bond acceptors (Lipinski definition) is 5. The molecule has 10 heteroatoms. The first-order valence-electron chi connectivity index (χ1n) is 13.3. The first-order chi connectivity index (χ1) is 19.2. The van der Waals surface area contributed by atoms with Crippen LogP contribution in [0.5, 0.6) is 5.88 Å². The lowest BCUT2D eigenvalue weighted by Crippen LogP contribution is -2.23. The first kappa shape index (κ1) is 26.3. The minimum absolute atomic E-state index is 0.0451. The van der Waals surface area contributed by atoms with Crippen molar-refractivity contribution >= 4 is 17.5 Å². The zero-order valence-corrected chi connectivity index (χ0v) is 23.5. The lowest BCUT2D eigenvalue weighted by atomic mass is 10.0. The van der Waals surface area contributed by atoms with Crippen LogP contribution in [0, 0.1) is 19.7 Å². The van der Waals surface area contributed by atoms with E-state index in [9.17, 15) is 9.59 Å². The highest BCUT2D eigenvalue weighted by molar-refractivity contribution is 6.31. The van der Waals surface area contributed by atoms with Crippen molar-refractivity contribution in [3.05, 3.63) is 91.9 Å². The molecule has 1 amide bonds. The largest absolute Gasteiger partial charge is 0.478 e. The molecule has 1 aliphatic carbocycles. The van der Waals surface area contributed by atoms with E-state index in [1.54, 1.807) is 43.1 Å². The number of nitrogens with zero attached hydrogens (tertiary/aromatic N) is 5. The van der Waals surface area contributed by atoms with Crippen molar-refractivity contribution in [2.75, 3.05) is 20.7 Å². The van der Waals surface area contributed by atoms with E-state index < -0.39 is 11.7 Å². The second-order valence-electron chi connectivity index (χ2n) is 10.7. The van der Waals surface area contributed by atoms with Crippen LogP contribution in [0.2, 0.25) is 5.02 Å². The number of halogens is 2. The Morgan fingerprint density at radius 1 is 1.15 bits per heavy atom. The second kappa shape index (κ2) is 9.89. The topological polar surface area (TPSA) is 82.2 Å². The molecule has 3 aromatic heterocycles. The molecule has 2 aliphatic rings. The number of fused-ring (bicyclic) bond motifs is 1. The molecule has 0 N–H and O–H groups in total. The van der Waals surface area contributed by atoms with Crippen molar-refractivity contribution in [2.24, 2.45) is 0 Å². The minimum atomic E-state index is -0.660. The van der Waals surface area contributed by atoms with Crippen LogP contribution in [0.1, 0.15) is 57.4 Å². The molecule has 1 aliphatic heterocycles. The van der Waals surface area contributed by atoms with Crippen LogP contribution in [-0.2, 0) is 6.54 Å². The average Bonchev–Trinajstić information content (AvgIpc) is 3.61. The Balaban J connectivity index is 1.37. The SMILES string of the molecule is Cc1cnc(-c2cccc(C(=O)N(C)C)c2F)cc1-n1c(C)cc([C@@H]2CC2c2cnn3c2OCCC3)c(Cl)c1=O. The Morgan fingerprint density at radius 3 is 2.70 bits per heavy atom. The van der Waals surface area contributed by atoms with Gasteiger partial charge in [-0.15, -0.1) is 0 Å². The summed E-state index contributed by atoms with van der Waals surface area (Å²) in [5.41, 5.74) is 3.97. The monoisotopic (exact) mass is 561 g/mol. The predicted molar refractivity (Wildman–Crippen MR) is 150 cm³/mol. The molecule has 1 saturated carbocycles. The van der Waals surface area contributed by atoms with E-state index in [1.807, 2.05) is 30.8 Å². The summed E-state index contributed by atoms with van der Waals surface area (Å²) in [5, 5.41) is 4.64. The summed E-state index contributed by atoms with van der Waals surface area (Å²) in [4.78, 5) is 31.9. The molecule has 0 bridgehead atoms. The van der Waals surface area contributed by atoms with Crippen molar-refractivity contribution in [3.8, 4) is 22.8 Å². The maximum Gasteiger partial charge on any atom is 0.274 e. The fourth-order valence-electron chi connectivity index (χ4n) is 5.57. The lowest BCUT2D eigenvalue weighted by molar-refractivity contribution is 0.0823. The van der Waals surface area contributed by atoms with E-state index >= 15 is 4.39 Å². The molecule has 0 spiro atoms. The van der Waals surface area contributed by atoms with E-state index in [4.69, 9.17) is 16.3 Å². The standard InChI is InChI=1S/C30H29ClFN5O3/c1-16-14-33-24(18-7-5-8-19(27(18)32)28(38)35(3)4)13-25(16)37-17(2)11-22(26(31)29(37)39)20-12-21(20)23-15-34-36-9-6-10-40-30(23)36/h5,7-8,11,13-15,20-21H,6,9-10,12H2,1-4H3/t20-,21?/m1/s1. The van der Waals surface area contributed by atoms with Gasteiger partial charge in [0.1, 0.15) is 10.8 Å². The summed E-state index contributed by atoms with van der Waals surface area (Å²) >= 11 is 6.74. The Kier molecular flexibility index (Phi) is 6.49. The molecule has 206 valence electrons. The number of ether oxygens (including phenoxy) is 1. The van der Waals surface area contributed by atoms with Gasteiger partial charge >= 0.3 is 0 Å². The zero-order chi connectivity index (χ0) is 28.3. The summed E-state index contributed by atoms with van der Waals surface area (Å²) in [5.74, 6) is 0.0229. The quantitative estimate of drug-likeness (QED) is 0.332. The molecular weight excluding hydrogens is 533 g/mol. The number of carbonyl (C=O) groups is 1. The van der Waals surface area contributed by atoms with Crippen LogP contribution in [0.3, 0.4) is 0 Å². The summed E-state index contributed by atoms with van der Waals surface area (Å²) < 4.78 is 24.8. The first-order valence-corrected chi connectivity index (χ1v) is 13.6. The second-order valence-corrected chi connectivity index (χ2v) is 11.1. The molecule has 8 nitrogen and oxygen atoms in total. The molecule has 1 aromatic carbocycles. The third-order valence-electron chi connectivity index (χ3n) is 7.75. The Bertz CT molecular complexity index is 1730. The van der Waals surface area contributed by atoms with Crippen LogP contribution in [0.25, 0.3) is 16.9 Å². The van der Waals surface area contributed by atoms with Gasteiger partial charge in [-0.05, 0) is 67.5 Å². The van der Waals surface area contributed by atoms with Crippen LogP contribution in [-0.4, -0.2) is 50.8 Å². The molecule has 1 unspecified atom stereocenters. The molecular formula is C30H29ClFN5O3. The molecule has 0 radical (unpaired) electrons. The van der Waals surface area contributed by atoms with Gasteiger partial charge in [-0.2, -0.15) is 5.10 Å². The number of aromatic nitrogens is 4. The smallest absolute Gasteiger partial charge is 0.274 e. The Hall–Kier alpha value is -3.98. The third kappa shape index (κ3) is 4.29. The molecule has 0 saturated heterocycles. The van der Waals surface area contributed by atoms with Crippen molar-refractivity contribution in [2.45, 2.75) is 45.1 Å². The molecule has 1 fully saturated rings. The average molecular weight is 562 g/mol. The number of amides is 1. The van der Waals surface area contributed by atoms with Gasteiger partial charge in [-0.1, -0.05) is 17.7 Å². The number of rotatable bonds is 5. The summed E-state index contributed by atoms with van der Waals surface area (Å²) in [6, 6.07) is 8.26. The van der Waals surface area contributed by atoms with Crippen molar-refractivity contribution in [1.82, 2.24) is 24.2 Å². The van der Waals surface area contributed by atoms with Gasteiger partial charge in [-0.25, -0.2) is 9.07 Å². The highest BCUT2D eigenvalue weighted by Crippen LogP contribution is 2.58. The van der Waals surface area contributed by atoms with Gasteiger partial charge in [0, 0.05) is 50.1 Å². The highest BCUT2D eigenvalue weighted by atomic mass is 35.5. The summed E-state index contributed by atoms with van der Waals surface area (Å²) in [7, 11) is 3.14. The van der Waals surface area contributed by atoms with Crippen LogP contribution < -0.4 is 10.3 Å². The lowest BCUT2D eigenvalue weighted by Gasteiger charge is -2.18. The zero-order valence-electron chi connectivity index (χ0n) is 22.7. The van der Waals surface area contributed by atoms with E-state index in [1.165, 1.54) is 11.0 Å². The third-order valence-corrected chi connectivity index (χ3v) is 8.13. The fraction of sp³-hybridized carbons (Fsp3) is 0.333. The predicted octanol–water partition coefficient (Wildman–Crippen LogP) is 5.26. The Morgan fingerprint density at radius 2 is 1.93 bits per heavy atom. The van der Waals surface area contributed by atoms with Crippen molar-refractivity contribution in [3.63, 3.8) is 0 Å². The molecule has 6 rings (SSSR count). The Labute approximate surface area is 236 Å². The number of pyridine rings is 2. The normalized spacial score (nSPS) is 17.8. The van der Waals surface area contributed by atoms with Gasteiger partial charge in [-0.3, -0.25) is 19.1 Å². The summed E-state index contributed by atoms with van der Waals surface area (Å²) in [6.45, 7) is 5.22. The maximum atomic E-state index is 15.4. The van der Waals surface area contributed by atoms with Crippen LogP contribution in [0.15, 0.2) is 47.5 Å². The van der Waals surface area contributed by atoms with Gasteiger partial charge in [0.05, 0.1) is 29.7 Å². The van der Waals surface area contributed by atoms with E-state index in [2.05, 4.69) is 10.1 Å². The van der Waals surface area contributed by atoms with E-state index in [0.717, 1.165) is 42.0 Å². The fourth-order valence-corrected chi connectivity index (χ4v) is 5.85. The van der Waals surface area contributed by atoms with Crippen molar-refractivity contribution in [1.29, 1.82) is 0 Å². The molecule has 2 atom stereocenters. The number of hydrogen-bond donors (Lipinski definition) is 0. The molecule has 40 heavy (non-hydrogen) atoms. The van der Waals surface area contributed by atoms with Crippen LogP contribution in [0.4, 0.5) is 4.39 Å². The maximum absolute atomic E-state index is 15.4. The highest BCUT2D eigenvalue weighted by Gasteiger charge is 2.44. The van der Waals surface area contributed by atoms with Crippen molar-refractivity contribution < 1.29 is 13.9 Å². The van der Waals surface area contributed by atoms with Gasteiger partial charge in [0.15, 0.2) is 0 Å². The van der Waals surface area contributed by atoms with E-state index in [-0.39, 0.29) is 33.5 Å². The minimum Gasteiger partial charge on any atom is -0.478 e. The number of benzene rings is 1.